The van der Waals surface area contributed by atoms with Crippen molar-refractivity contribution in [3.05, 3.63) is 28.3 Å². The molecule has 0 aliphatic carbocycles. The van der Waals surface area contributed by atoms with Gasteiger partial charge in [-0.2, -0.15) is 0 Å². The average molecular weight is 364 g/mol. The highest BCUT2D eigenvalue weighted by Crippen LogP contribution is 2.30. The number of nitro benzene ring substituents is 1. The van der Waals surface area contributed by atoms with E-state index in [4.69, 9.17) is 4.74 Å². The van der Waals surface area contributed by atoms with Crippen molar-refractivity contribution in [1.82, 2.24) is 9.88 Å². The Hall–Kier alpha value is -2.42. The summed E-state index contributed by atoms with van der Waals surface area (Å²) < 4.78 is 6.27. The molecule has 1 atom stereocenters. The summed E-state index contributed by atoms with van der Waals surface area (Å²) in [7, 11) is 0. The number of carbonyl (C=O) groups is 1. The van der Waals surface area contributed by atoms with Crippen LogP contribution in [0.4, 0.5) is 15.6 Å². The fraction of sp³-hybridized carbons (Fsp3) is 0.500. The molecule has 1 aromatic heterocycles. The van der Waals surface area contributed by atoms with Crippen molar-refractivity contribution in [2.45, 2.75) is 38.8 Å². The van der Waals surface area contributed by atoms with Crippen LogP contribution in [0.3, 0.4) is 0 Å². The quantitative estimate of drug-likeness (QED) is 0.660. The Balaban J connectivity index is 1.64. The number of non-ortho nitro benzene ring substituents is 1. The molecule has 0 radical (unpaired) electrons. The van der Waals surface area contributed by atoms with Gasteiger partial charge in [0.1, 0.15) is 5.60 Å². The minimum absolute atomic E-state index is 0.0290. The van der Waals surface area contributed by atoms with Crippen LogP contribution in [-0.2, 0) is 4.74 Å². The molecular formula is C16H20N4O4S. The zero-order chi connectivity index (χ0) is 18.2. The summed E-state index contributed by atoms with van der Waals surface area (Å²) in [5, 5.41) is 14.9. The molecule has 2 heterocycles. The minimum atomic E-state index is -0.510. The molecule has 1 fully saturated rings. The summed E-state index contributed by atoms with van der Waals surface area (Å²) in [6, 6.07) is 4.74. The molecule has 3 rings (SSSR count). The van der Waals surface area contributed by atoms with Crippen molar-refractivity contribution in [2.75, 3.05) is 18.4 Å². The van der Waals surface area contributed by atoms with Crippen LogP contribution >= 0.6 is 11.3 Å². The molecule has 25 heavy (non-hydrogen) atoms. The molecule has 134 valence electrons. The maximum Gasteiger partial charge on any atom is 0.410 e. The lowest BCUT2D eigenvalue weighted by atomic mass is 10.2. The first-order valence-corrected chi connectivity index (χ1v) is 8.82. The molecule has 1 aromatic carbocycles. The maximum atomic E-state index is 12.1. The van der Waals surface area contributed by atoms with Gasteiger partial charge in [-0.05, 0) is 33.3 Å². The van der Waals surface area contributed by atoms with E-state index in [1.54, 1.807) is 11.0 Å². The van der Waals surface area contributed by atoms with E-state index in [0.717, 1.165) is 11.1 Å². The number of anilines is 1. The second kappa shape index (κ2) is 6.47. The summed E-state index contributed by atoms with van der Waals surface area (Å²) in [4.78, 5) is 28.6. The highest BCUT2D eigenvalue weighted by atomic mass is 32.1. The number of amides is 1. The van der Waals surface area contributed by atoms with E-state index < -0.39 is 10.5 Å². The molecule has 1 aliphatic heterocycles. The highest BCUT2D eigenvalue weighted by Gasteiger charge is 2.30. The largest absolute Gasteiger partial charge is 0.444 e. The smallest absolute Gasteiger partial charge is 0.410 e. The summed E-state index contributed by atoms with van der Waals surface area (Å²) in [5.74, 6) is 0. The van der Waals surface area contributed by atoms with E-state index in [1.807, 2.05) is 20.8 Å². The van der Waals surface area contributed by atoms with Gasteiger partial charge >= 0.3 is 6.09 Å². The Morgan fingerprint density at radius 2 is 2.24 bits per heavy atom. The number of rotatable bonds is 3. The van der Waals surface area contributed by atoms with Gasteiger partial charge in [-0.15, -0.1) is 0 Å². The van der Waals surface area contributed by atoms with Crippen LogP contribution in [0.5, 0.6) is 0 Å². The number of aromatic nitrogens is 1. The van der Waals surface area contributed by atoms with Crippen molar-refractivity contribution in [3.63, 3.8) is 0 Å². The molecule has 0 bridgehead atoms. The number of hydrogen-bond donors (Lipinski definition) is 1. The van der Waals surface area contributed by atoms with Gasteiger partial charge in [0.15, 0.2) is 5.13 Å². The standard InChI is InChI=1S/C16H20N4O4S/c1-16(2,3)24-15(21)19-7-6-10(9-19)17-14-18-12-8-11(20(22)23)4-5-13(12)25-14/h4-5,8,10H,6-7,9H2,1-3H3,(H,17,18)/t10-/m0/s1. The van der Waals surface area contributed by atoms with Crippen LogP contribution in [0.2, 0.25) is 0 Å². The number of nitro groups is 1. The molecule has 1 amide bonds. The number of ether oxygens (including phenoxy) is 1. The van der Waals surface area contributed by atoms with Crippen molar-refractivity contribution in [1.29, 1.82) is 0 Å². The molecule has 1 saturated heterocycles. The molecule has 0 unspecified atom stereocenters. The molecule has 1 N–H and O–H groups in total. The van der Waals surface area contributed by atoms with Gasteiger partial charge in [0, 0.05) is 31.3 Å². The third-order valence-corrected chi connectivity index (χ3v) is 4.72. The van der Waals surface area contributed by atoms with E-state index in [9.17, 15) is 14.9 Å². The summed E-state index contributed by atoms with van der Waals surface area (Å²) >= 11 is 1.44. The number of carbonyl (C=O) groups excluding carboxylic acids is 1. The van der Waals surface area contributed by atoms with Crippen LogP contribution < -0.4 is 5.32 Å². The van der Waals surface area contributed by atoms with Crippen LogP contribution in [0.1, 0.15) is 27.2 Å². The van der Waals surface area contributed by atoms with E-state index in [0.29, 0.717) is 23.7 Å². The second-order valence-corrected chi connectivity index (χ2v) is 8.02. The number of likely N-dealkylation sites (tertiary alicyclic amines) is 1. The first kappa shape index (κ1) is 17.4. The van der Waals surface area contributed by atoms with Crippen LogP contribution in [0.15, 0.2) is 18.2 Å². The SMILES string of the molecule is CC(C)(C)OC(=O)N1CC[C@H](Nc2nc3cc([N+](=O)[O-])ccc3s2)C1. The molecule has 9 heteroatoms. The summed E-state index contributed by atoms with van der Waals surface area (Å²) in [5.41, 5.74) is 0.120. The average Bonchev–Trinajstić information content (AvgIpc) is 3.11. The third-order valence-electron chi connectivity index (χ3n) is 3.75. The predicted octanol–water partition coefficient (Wildman–Crippen LogP) is 3.63. The zero-order valence-corrected chi connectivity index (χ0v) is 15.1. The number of hydrogen-bond acceptors (Lipinski definition) is 7. The van der Waals surface area contributed by atoms with Gasteiger partial charge < -0.3 is 15.0 Å². The van der Waals surface area contributed by atoms with Gasteiger partial charge in [-0.3, -0.25) is 10.1 Å². The minimum Gasteiger partial charge on any atom is -0.444 e. The lowest BCUT2D eigenvalue weighted by molar-refractivity contribution is -0.384. The van der Waals surface area contributed by atoms with Gasteiger partial charge in [-0.25, -0.2) is 9.78 Å². The van der Waals surface area contributed by atoms with E-state index in [2.05, 4.69) is 10.3 Å². The first-order valence-electron chi connectivity index (χ1n) is 8.01. The lowest BCUT2D eigenvalue weighted by Gasteiger charge is -2.24. The molecule has 0 saturated carbocycles. The maximum absolute atomic E-state index is 12.1. The Kier molecular flexibility index (Phi) is 4.51. The monoisotopic (exact) mass is 364 g/mol. The molecule has 1 aliphatic rings. The molecular weight excluding hydrogens is 344 g/mol. The van der Waals surface area contributed by atoms with Crippen LogP contribution in [0.25, 0.3) is 10.2 Å². The van der Waals surface area contributed by atoms with Crippen molar-refractivity contribution >= 4 is 38.5 Å². The fourth-order valence-corrected chi connectivity index (χ4v) is 3.56. The third kappa shape index (κ3) is 4.16. The Bertz CT molecular complexity index is 814. The van der Waals surface area contributed by atoms with E-state index >= 15 is 0 Å². The number of fused-ring (bicyclic) bond motifs is 1. The van der Waals surface area contributed by atoms with Gasteiger partial charge in [-0.1, -0.05) is 11.3 Å². The number of benzene rings is 1. The summed E-state index contributed by atoms with van der Waals surface area (Å²) in [6.07, 6.45) is 0.492. The van der Waals surface area contributed by atoms with Crippen molar-refractivity contribution < 1.29 is 14.5 Å². The second-order valence-electron chi connectivity index (χ2n) is 6.98. The number of nitrogens with one attached hydrogen (secondary N) is 1. The van der Waals surface area contributed by atoms with E-state index in [-0.39, 0.29) is 17.8 Å². The highest BCUT2D eigenvalue weighted by molar-refractivity contribution is 7.22. The Labute approximate surface area is 148 Å². The van der Waals surface area contributed by atoms with Gasteiger partial charge in [0.2, 0.25) is 0 Å². The molecule has 0 spiro atoms. The Morgan fingerprint density at radius 3 is 2.92 bits per heavy atom. The molecule has 2 aromatic rings. The number of nitrogens with zero attached hydrogens (tertiary/aromatic N) is 3. The first-order chi connectivity index (χ1) is 11.7. The predicted molar refractivity (Wildman–Crippen MR) is 96.1 cm³/mol. The van der Waals surface area contributed by atoms with Gasteiger partial charge in [0.25, 0.3) is 5.69 Å². The topological polar surface area (TPSA) is 97.6 Å². The van der Waals surface area contributed by atoms with Crippen LogP contribution in [-0.4, -0.2) is 45.6 Å². The van der Waals surface area contributed by atoms with Gasteiger partial charge in [0.05, 0.1) is 15.1 Å². The fourth-order valence-electron chi connectivity index (χ4n) is 2.64. The van der Waals surface area contributed by atoms with Crippen LogP contribution in [0, 0.1) is 10.1 Å². The van der Waals surface area contributed by atoms with Crippen molar-refractivity contribution in [2.24, 2.45) is 0 Å². The zero-order valence-electron chi connectivity index (χ0n) is 14.3. The number of thiazole rings is 1. The van der Waals surface area contributed by atoms with Crippen molar-refractivity contribution in [3.8, 4) is 0 Å². The summed E-state index contributed by atoms with van der Waals surface area (Å²) in [6.45, 7) is 6.71. The van der Waals surface area contributed by atoms with E-state index in [1.165, 1.54) is 23.5 Å². The Morgan fingerprint density at radius 1 is 1.48 bits per heavy atom. The molecule has 8 nitrogen and oxygen atoms in total. The normalized spacial score (nSPS) is 17.7. The lowest BCUT2D eigenvalue weighted by Crippen LogP contribution is -2.36.